The van der Waals surface area contributed by atoms with Crippen LogP contribution in [0.15, 0.2) is 71.2 Å². The molecule has 0 N–H and O–H groups in total. The van der Waals surface area contributed by atoms with Crippen molar-refractivity contribution in [2.24, 2.45) is 0 Å². The Kier molecular flexibility index (Phi) is 6.49. The number of carbonyl (C=O) groups excluding carboxylic acids is 2. The lowest BCUT2D eigenvalue weighted by Crippen LogP contribution is -2.48. The van der Waals surface area contributed by atoms with Crippen LogP contribution in [0.5, 0.6) is 0 Å². The van der Waals surface area contributed by atoms with E-state index in [2.05, 4.69) is 22.0 Å². The number of nitrogens with zero attached hydrogens (tertiary/aromatic N) is 3. The number of urea groups is 1. The number of imide groups is 1. The lowest BCUT2D eigenvalue weighted by molar-refractivity contribution is -0.124. The van der Waals surface area contributed by atoms with Gasteiger partial charge in [0, 0.05) is 27.5 Å². The largest absolute Gasteiger partial charge is 0.332 e. The van der Waals surface area contributed by atoms with Crippen LogP contribution in [0, 0.1) is 11.3 Å². The zero-order valence-electron chi connectivity index (χ0n) is 17.6. The Morgan fingerprint density at radius 3 is 2.27 bits per heavy atom. The van der Waals surface area contributed by atoms with Crippen LogP contribution in [0.2, 0.25) is 10.0 Å². The minimum absolute atomic E-state index is 0.165. The van der Waals surface area contributed by atoms with E-state index in [1.807, 2.05) is 30.3 Å². The second-order valence-corrected chi connectivity index (χ2v) is 9.81. The third-order valence-corrected chi connectivity index (χ3v) is 6.61. The van der Waals surface area contributed by atoms with Crippen LogP contribution in [0.3, 0.4) is 0 Å². The standard InChI is InChI=1S/C25H18BrCl2N3O2/c1-25(13-16-5-7-19(26)8-6-16)23(32)31(22-11-20(27)10-21(28)12-22)24(33)30(25)15-18-4-2-3-17(9-18)14-29/h2-12H,13,15H2,1H3. The SMILES string of the molecule is CC1(Cc2ccc(Br)cc2)C(=O)N(c2cc(Cl)cc(Cl)c2)C(=O)N1Cc1cccc(C#N)c1. The molecule has 33 heavy (non-hydrogen) atoms. The molecule has 1 unspecified atom stereocenters. The van der Waals surface area contributed by atoms with Gasteiger partial charge in [-0.1, -0.05) is 63.4 Å². The normalized spacial score (nSPS) is 18.0. The number of hydrogen-bond acceptors (Lipinski definition) is 3. The Labute approximate surface area is 210 Å². The molecule has 0 saturated carbocycles. The van der Waals surface area contributed by atoms with E-state index in [-0.39, 0.29) is 12.5 Å². The number of nitriles is 1. The number of hydrogen-bond donors (Lipinski definition) is 0. The maximum Gasteiger partial charge on any atom is 0.332 e. The molecule has 3 aromatic rings. The smallest absolute Gasteiger partial charge is 0.305 e. The van der Waals surface area contributed by atoms with Crippen molar-refractivity contribution in [1.29, 1.82) is 5.26 Å². The molecule has 1 aliphatic heterocycles. The molecule has 3 amide bonds. The van der Waals surface area contributed by atoms with Gasteiger partial charge in [0.05, 0.1) is 17.3 Å². The summed E-state index contributed by atoms with van der Waals surface area (Å²) in [5.41, 5.74) is 1.30. The van der Waals surface area contributed by atoms with Gasteiger partial charge < -0.3 is 4.90 Å². The van der Waals surface area contributed by atoms with Crippen LogP contribution in [-0.2, 0) is 17.8 Å². The van der Waals surface area contributed by atoms with Gasteiger partial charge in [-0.15, -0.1) is 0 Å². The summed E-state index contributed by atoms with van der Waals surface area (Å²) >= 11 is 15.7. The van der Waals surface area contributed by atoms with Crippen LogP contribution >= 0.6 is 39.1 Å². The number of benzene rings is 3. The Morgan fingerprint density at radius 1 is 0.970 bits per heavy atom. The van der Waals surface area contributed by atoms with E-state index in [0.29, 0.717) is 27.7 Å². The number of rotatable bonds is 5. The van der Waals surface area contributed by atoms with Crippen LogP contribution in [0.1, 0.15) is 23.6 Å². The molecule has 0 aromatic heterocycles. The third-order valence-electron chi connectivity index (χ3n) is 5.65. The van der Waals surface area contributed by atoms with Crippen molar-refractivity contribution in [2.45, 2.75) is 25.4 Å². The molecular weight excluding hydrogens is 525 g/mol. The summed E-state index contributed by atoms with van der Waals surface area (Å²) in [4.78, 5) is 30.1. The van der Waals surface area contributed by atoms with Gasteiger partial charge in [-0.05, 0) is 60.5 Å². The average molecular weight is 543 g/mol. The highest BCUT2D eigenvalue weighted by atomic mass is 79.9. The lowest BCUT2D eigenvalue weighted by Gasteiger charge is -2.32. The van der Waals surface area contributed by atoms with Crippen LogP contribution in [-0.4, -0.2) is 22.4 Å². The zero-order chi connectivity index (χ0) is 23.8. The number of anilines is 1. The van der Waals surface area contributed by atoms with E-state index in [4.69, 9.17) is 23.2 Å². The maximum absolute atomic E-state index is 13.8. The zero-order valence-corrected chi connectivity index (χ0v) is 20.7. The first-order valence-electron chi connectivity index (χ1n) is 10.1. The van der Waals surface area contributed by atoms with E-state index in [9.17, 15) is 14.9 Å². The summed E-state index contributed by atoms with van der Waals surface area (Å²) in [6.45, 7) is 1.92. The van der Waals surface area contributed by atoms with Crippen molar-refractivity contribution in [3.05, 3.63) is 97.9 Å². The minimum atomic E-state index is -1.16. The molecule has 0 bridgehead atoms. The molecule has 1 fully saturated rings. The van der Waals surface area contributed by atoms with Gasteiger partial charge in [0.15, 0.2) is 0 Å². The monoisotopic (exact) mass is 541 g/mol. The molecule has 3 aromatic carbocycles. The molecule has 8 heteroatoms. The van der Waals surface area contributed by atoms with Crippen LogP contribution in [0.25, 0.3) is 0 Å². The Balaban J connectivity index is 1.78. The number of halogens is 3. The second kappa shape index (κ2) is 9.18. The number of carbonyl (C=O) groups is 2. The first kappa shape index (κ1) is 23.3. The molecule has 4 rings (SSSR count). The highest BCUT2D eigenvalue weighted by Gasteiger charge is 2.54. The molecule has 0 spiro atoms. The minimum Gasteiger partial charge on any atom is -0.305 e. The van der Waals surface area contributed by atoms with E-state index in [1.165, 1.54) is 0 Å². The lowest BCUT2D eigenvalue weighted by atomic mass is 9.90. The van der Waals surface area contributed by atoms with E-state index < -0.39 is 11.6 Å². The van der Waals surface area contributed by atoms with Gasteiger partial charge >= 0.3 is 6.03 Å². The Bertz CT molecular complexity index is 1270. The molecule has 1 atom stereocenters. The fourth-order valence-corrected chi connectivity index (χ4v) is 4.78. The van der Waals surface area contributed by atoms with E-state index in [1.54, 1.807) is 48.2 Å². The van der Waals surface area contributed by atoms with Crippen molar-refractivity contribution in [3.8, 4) is 6.07 Å². The van der Waals surface area contributed by atoms with Gasteiger partial charge in [-0.3, -0.25) is 4.79 Å². The number of amides is 3. The summed E-state index contributed by atoms with van der Waals surface area (Å²) in [6, 6.07) is 20.9. The third kappa shape index (κ3) is 4.63. The Hall–Kier alpha value is -2.85. The predicted octanol–water partition coefficient (Wildman–Crippen LogP) is 6.60. The predicted molar refractivity (Wildman–Crippen MR) is 132 cm³/mol. The molecule has 1 heterocycles. The highest BCUT2D eigenvalue weighted by Crippen LogP contribution is 2.38. The van der Waals surface area contributed by atoms with Crippen molar-refractivity contribution in [2.75, 3.05) is 4.90 Å². The molecular formula is C25H18BrCl2N3O2. The van der Waals surface area contributed by atoms with Gasteiger partial charge in [-0.25, -0.2) is 9.69 Å². The molecule has 5 nitrogen and oxygen atoms in total. The van der Waals surface area contributed by atoms with Gasteiger partial charge in [0.2, 0.25) is 0 Å². The quantitative estimate of drug-likeness (QED) is 0.341. The van der Waals surface area contributed by atoms with Crippen molar-refractivity contribution >= 4 is 56.8 Å². The van der Waals surface area contributed by atoms with Gasteiger partial charge in [0.1, 0.15) is 5.54 Å². The molecule has 0 aliphatic carbocycles. The molecule has 1 aliphatic rings. The summed E-state index contributed by atoms with van der Waals surface area (Å²) in [5.74, 6) is -0.370. The first-order valence-corrected chi connectivity index (χ1v) is 11.6. The summed E-state index contributed by atoms with van der Waals surface area (Å²) in [7, 11) is 0. The topological polar surface area (TPSA) is 64.4 Å². The van der Waals surface area contributed by atoms with E-state index >= 15 is 0 Å². The van der Waals surface area contributed by atoms with Crippen molar-refractivity contribution < 1.29 is 9.59 Å². The summed E-state index contributed by atoms with van der Waals surface area (Å²) in [5, 5.41) is 9.91. The van der Waals surface area contributed by atoms with Gasteiger partial charge in [0.25, 0.3) is 5.91 Å². The molecule has 1 saturated heterocycles. The fourth-order valence-electron chi connectivity index (χ4n) is 4.01. The van der Waals surface area contributed by atoms with Gasteiger partial charge in [-0.2, -0.15) is 5.26 Å². The first-order chi connectivity index (χ1) is 15.7. The summed E-state index contributed by atoms with van der Waals surface area (Å²) in [6.07, 6.45) is 0.313. The fraction of sp³-hybridized carbons (Fsp3) is 0.160. The average Bonchev–Trinajstić information content (AvgIpc) is 2.95. The van der Waals surface area contributed by atoms with Crippen LogP contribution in [0.4, 0.5) is 10.5 Å². The highest BCUT2D eigenvalue weighted by molar-refractivity contribution is 9.10. The van der Waals surface area contributed by atoms with Crippen molar-refractivity contribution in [1.82, 2.24) is 4.90 Å². The second-order valence-electron chi connectivity index (χ2n) is 8.03. The summed E-state index contributed by atoms with van der Waals surface area (Å²) < 4.78 is 0.922. The van der Waals surface area contributed by atoms with E-state index in [0.717, 1.165) is 20.5 Å². The Morgan fingerprint density at radius 2 is 1.64 bits per heavy atom. The van der Waals surface area contributed by atoms with Crippen molar-refractivity contribution in [3.63, 3.8) is 0 Å². The molecule has 166 valence electrons. The molecule has 0 radical (unpaired) electrons. The maximum atomic E-state index is 13.8. The van der Waals surface area contributed by atoms with Crippen LogP contribution < -0.4 is 4.90 Å².